The van der Waals surface area contributed by atoms with E-state index in [4.69, 9.17) is 5.11 Å². The molecular formula is C14H23N3O3S. The first kappa shape index (κ1) is 17.4. The van der Waals surface area contributed by atoms with Crippen molar-refractivity contribution in [3.8, 4) is 0 Å². The van der Waals surface area contributed by atoms with Gasteiger partial charge in [0.2, 0.25) is 0 Å². The predicted octanol–water partition coefficient (Wildman–Crippen LogP) is 2.57. The highest BCUT2D eigenvalue weighted by Gasteiger charge is 2.21. The van der Waals surface area contributed by atoms with Gasteiger partial charge >= 0.3 is 12.0 Å². The van der Waals surface area contributed by atoms with Crippen LogP contribution in [0.3, 0.4) is 0 Å². The topological polar surface area (TPSA) is 91.3 Å². The van der Waals surface area contributed by atoms with Gasteiger partial charge in [-0.2, -0.15) is 0 Å². The maximum Gasteiger partial charge on any atom is 0.315 e. The molecule has 21 heavy (non-hydrogen) atoms. The SMILES string of the molecule is CCc1cnc(C(C)NC(=O)NC(CC(=O)O)C(C)C)s1. The van der Waals surface area contributed by atoms with Crippen molar-refractivity contribution in [3.63, 3.8) is 0 Å². The molecule has 0 aromatic carbocycles. The van der Waals surface area contributed by atoms with Crippen molar-refractivity contribution in [2.24, 2.45) is 5.92 Å². The summed E-state index contributed by atoms with van der Waals surface area (Å²) in [7, 11) is 0. The third-order valence-electron chi connectivity index (χ3n) is 3.15. The lowest BCUT2D eigenvalue weighted by Crippen LogP contribution is -2.46. The summed E-state index contributed by atoms with van der Waals surface area (Å²) in [5.41, 5.74) is 0. The number of nitrogens with one attached hydrogen (secondary N) is 2. The van der Waals surface area contributed by atoms with Gasteiger partial charge in [0.15, 0.2) is 0 Å². The molecule has 6 nitrogen and oxygen atoms in total. The molecule has 118 valence electrons. The minimum atomic E-state index is -0.922. The fourth-order valence-corrected chi connectivity index (χ4v) is 2.66. The van der Waals surface area contributed by atoms with Crippen LogP contribution in [0.4, 0.5) is 4.79 Å². The summed E-state index contributed by atoms with van der Waals surface area (Å²) >= 11 is 1.57. The van der Waals surface area contributed by atoms with Crippen LogP contribution >= 0.6 is 11.3 Å². The van der Waals surface area contributed by atoms with Crippen LogP contribution in [0.2, 0.25) is 0 Å². The predicted molar refractivity (Wildman–Crippen MR) is 82.5 cm³/mol. The second-order valence-electron chi connectivity index (χ2n) is 5.31. The molecule has 3 N–H and O–H groups in total. The first-order chi connectivity index (χ1) is 9.83. The average molecular weight is 313 g/mol. The fraction of sp³-hybridized carbons (Fsp3) is 0.643. The number of urea groups is 1. The monoisotopic (exact) mass is 313 g/mol. The molecule has 1 rings (SSSR count). The van der Waals surface area contributed by atoms with Crippen molar-refractivity contribution in [2.45, 2.75) is 52.6 Å². The number of nitrogens with zero attached hydrogens (tertiary/aromatic N) is 1. The highest BCUT2D eigenvalue weighted by Crippen LogP contribution is 2.20. The van der Waals surface area contributed by atoms with Crippen LogP contribution in [0.5, 0.6) is 0 Å². The first-order valence-electron chi connectivity index (χ1n) is 7.06. The number of carbonyl (C=O) groups is 2. The van der Waals surface area contributed by atoms with E-state index in [1.165, 1.54) is 4.88 Å². The van der Waals surface area contributed by atoms with E-state index >= 15 is 0 Å². The van der Waals surface area contributed by atoms with Crippen LogP contribution < -0.4 is 10.6 Å². The standard InChI is InChI=1S/C14H23N3O3S/c1-5-10-7-15-13(21-10)9(4)16-14(20)17-11(8(2)3)6-12(18)19/h7-9,11H,5-6H2,1-4H3,(H,18,19)(H2,16,17,20). The number of aryl methyl sites for hydroxylation is 1. The molecular weight excluding hydrogens is 290 g/mol. The zero-order valence-electron chi connectivity index (χ0n) is 12.8. The Labute approximate surface area is 129 Å². The minimum Gasteiger partial charge on any atom is -0.481 e. The van der Waals surface area contributed by atoms with Gasteiger partial charge in [0.1, 0.15) is 5.01 Å². The third kappa shape index (κ3) is 5.71. The van der Waals surface area contributed by atoms with Crippen molar-refractivity contribution < 1.29 is 14.7 Å². The summed E-state index contributed by atoms with van der Waals surface area (Å²) < 4.78 is 0. The van der Waals surface area contributed by atoms with Gasteiger partial charge in [-0.3, -0.25) is 4.79 Å². The summed E-state index contributed by atoms with van der Waals surface area (Å²) in [6.45, 7) is 7.68. The normalized spacial score (nSPS) is 13.8. The van der Waals surface area contributed by atoms with Gasteiger partial charge < -0.3 is 15.7 Å². The van der Waals surface area contributed by atoms with Crippen LogP contribution in [-0.4, -0.2) is 28.1 Å². The molecule has 0 aliphatic carbocycles. The lowest BCUT2D eigenvalue weighted by atomic mass is 10.0. The highest BCUT2D eigenvalue weighted by molar-refractivity contribution is 7.11. The van der Waals surface area contributed by atoms with Gasteiger partial charge in [-0.15, -0.1) is 11.3 Å². The average Bonchev–Trinajstić information content (AvgIpc) is 2.85. The quantitative estimate of drug-likeness (QED) is 0.721. The lowest BCUT2D eigenvalue weighted by molar-refractivity contribution is -0.137. The molecule has 2 unspecified atom stereocenters. The number of carbonyl (C=O) groups excluding carboxylic acids is 1. The number of amides is 2. The van der Waals surface area contributed by atoms with E-state index in [0.29, 0.717) is 0 Å². The maximum absolute atomic E-state index is 12.0. The highest BCUT2D eigenvalue weighted by atomic mass is 32.1. The Hall–Kier alpha value is -1.63. The van der Waals surface area contributed by atoms with Gasteiger partial charge in [-0.25, -0.2) is 9.78 Å². The summed E-state index contributed by atoms with van der Waals surface area (Å²) in [5, 5.41) is 15.2. The van der Waals surface area contributed by atoms with E-state index in [2.05, 4.69) is 22.5 Å². The summed E-state index contributed by atoms with van der Waals surface area (Å²) in [6, 6.07) is -0.958. The largest absolute Gasteiger partial charge is 0.481 e. The zero-order chi connectivity index (χ0) is 16.0. The number of hydrogen-bond acceptors (Lipinski definition) is 4. The molecule has 1 aromatic rings. The van der Waals surface area contributed by atoms with Gasteiger partial charge in [0.05, 0.1) is 12.5 Å². The van der Waals surface area contributed by atoms with Crippen LogP contribution in [0, 0.1) is 5.92 Å². The molecule has 0 spiro atoms. The smallest absolute Gasteiger partial charge is 0.315 e. The van der Waals surface area contributed by atoms with E-state index in [9.17, 15) is 9.59 Å². The Balaban J connectivity index is 2.56. The molecule has 0 aliphatic heterocycles. The zero-order valence-corrected chi connectivity index (χ0v) is 13.7. The molecule has 1 heterocycles. The molecule has 0 saturated carbocycles. The Bertz CT molecular complexity index is 488. The molecule has 1 aromatic heterocycles. The van der Waals surface area contributed by atoms with Crippen molar-refractivity contribution in [2.75, 3.05) is 0 Å². The van der Waals surface area contributed by atoms with Crippen LogP contribution in [-0.2, 0) is 11.2 Å². The summed E-state index contributed by atoms with van der Waals surface area (Å²) in [4.78, 5) is 28.2. The molecule has 0 aliphatic rings. The van der Waals surface area contributed by atoms with Crippen LogP contribution in [0.1, 0.15) is 50.0 Å². The Morgan fingerprint density at radius 1 is 1.33 bits per heavy atom. The van der Waals surface area contributed by atoms with E-state index < -0.39 is 12.0 Å². The van der Waals surface area contributed by atoms with Crippen LogP contribution in [0.15, 0.2) is 6.20 Å². The Morgan fingerprint density at radius 2 is 2.00 bits per heavy atom. The van der Waals surface area contributed by atoms with Crippen molar-refractivity contribution >= 4 is 23.3 Å². The molecule has 0 fully saturated rings. The lowest BCUT2D eigenvalue weighted by Gasteiger charge is -2.22. The number of aliphatic carboxylic acids is 1. The summed E-state index contributed by atoms with van der Waals surface area (Å²) in [5.74, 6) is -0.872. The van der Waals surface area contributed by atoms with E-state index in [-0.39, 0.29) is 24.4 Å². The number of thiazole rings is 1. The molecule has 0 bridgehead atoms. The fourth-order valence-electron chi connectivity index (χ4n) is 1.80. The number of hydrogen-bond donors (Lipinski definition) is 3. The molecule has 0 radical (unpaired) electrons. The molecule has 7 heteroatoms. The first-order valence-corrected chi connectivity index (χ1v) is 7.88. The third-order valence-corrected chi connectivity index (χ3v) is 4.48. The van der Waals surface area contributed by atoms with E-state index in [1.54, 1.807) is 11.3 Å². The molecule has 2 amide bonds. The summed E-state index contributed by atoms with van der Waals surface area (Å²) in [6.07, 6.45) is 2.65. The maximum atomic E-state index is 12.0. The Kier molecular flexibility index (Phi) is 6.61. The van der Waals surface area contributed by atoms with Crippen molar-refractivity contribution in [1.29, 1.82) is 0 Å². The number of rotatable bonds is 7. The number of carboxylic acids is 1. The number of aromatic nitrogens is 1. The second-order valence-corrected chi connectivity index (χ2v) is 6.45. The van der Waals surface area contributed by atoms with Gasteiger partial charge in [0.25, 0.3) is 0 Å². The van der Waals surface area contributed by atoms with Gasteiger partial charge in [0, 0.05) is 17.1 Å². The number of carboxylic acid groups (broad SMARTS) is 1. The second kappa shape index (κ2) is 7.97. The van der Waals surface area contributed by atoms with E-state index in [0.717, 1.165) is 11.4 Å². The van der Waals surface area contributed by atoms with Gasteiger partial charge in [-0.1, -0.05) is 20.8 Å². The molecule has 0 saturated heterocycles. The molecule has 2 atom stereocenters. The van der Waals surface area contributed by atoms with Gasteiger partial charge in [-0.05, 0) is 19.3 Å². The van der Waals surface area contributed by atoms with Crippen molar-refractivity contribution in [1.82, 2.24) is 15.6 Å². The minimum absolute atomic E-state index is 0.0497. The Morgan fingerprint density at radius 3 is 2.48 bits per heavy atom. The van der Waals surface area contributed by atoms with Crippen LogP contribution in [0.25, 0.3) is 0 Å². The van der Waals surface area contributed by atoms with Crippen molar-refractivity contribution in [3.05, 3.63) is 16.1 Å². The van der Waals surface area contributed by atoms with E-state index in [1.807, 2.05) is 27.0 Å².